The van der Waals surface area contributed by atoms with Crippen molar-refractivity contribution in [2.45, 2.75) is 18.6 Å². The van der Waals surface area contributed by atoms with Gasteiger partial charge in [-0.15, -0.1) is 5.10 Å². The summed E-state index contributed by atoms with van der Waals surface area (Å²) in [7, 11) is -3.56. The highest BCUT2D eigenvalue weighted by Gasteiger charge is 2.17. The Balaban J connectivity index is 1.48. The molecule has 0 saturated heterocycles. The topological polar surface area (TPSA) is 128 Å². The molecule has 10 heteroatoms. The number of benzene rings is 2. The smallest absolute Gasteiger partial charge is 0.335 e. The molecule has 0 aliphatic rings. The van der Waals surface area contributed by atoms with Gasteiger partial charge in [0.15, 0.2) is 5.78 Å². The molecule has 0 spiro atoms. The molecule has 0 atom stereocenters. The molecule has 2 aromatic carbocycles. The molecule has 0 saturated carbocycles. The van der Waals surface area contributed by atoms with Gasteiger partial charge >= 0.3 is 5.22 Å². The molecule has 31 heavy (non-hydrogen) atoms. The molecule has 1 aromatic heterocycles. The predicted molar refractivity (Wildman–Crippen MR) is 112 cm³/mol. The van der Waals surface area contributed by atoms with Gasteiger partial charge < -0.3 is 14.5 Å². The van der Waals surface area contributed by atoms with E-state index in [0.717, 1.165) is 6.26 Å². The average Bonchev–Trinajstić information content (AvgIpc) is 3.27. The summed E-state index contributed by atoms with van der Waals surface area (Å²) >= 11 is 0. The van der Waals surface area contributed by atoms with Gasteiger partial charge in [0.2, 0.25) is 15.7 Å². The van der Waals surface area contributed by atoms with Gasteiger partial charge in [0.25, 0.3) is 5.91 Å². The number of ketones is 1. The van der Waals surface area contributed by atoms with Gasteiger partial charge in [0.05, 0.1) is 6.54 Å². The van der Waals surface area contributed by atoms with E-state index in [2.05, 4.69) is 15.5 Å². The van der Waals surface area contributed by atoms with Gasteiger partial charge in [-0.25, -0.2) is 8.42 Å². The Hall–Kier alpha value is -3.53. The number of hydrogen-bond acceptors (Lipinski definition) is 8. The van der Waals surface area contributed by atoms with E-state index in [-0.39, 0.29) is 30.7 Å². The normalized spacial score (nSPS) is 11.2. The van der Waals surface area contributed by atoms with Crippen LogP contribution in [0.2, 0.25) is 0 Å². The number of ether oxygens (including phenoxy) is 1. The fraction of sp³-hybridized carbons (Fsp3) is 0.238. The lowest BCUT2D eigenvalue weighted by Crippen LogP contribution is -2.28. The highest BCUT2D eigenvalue weighted by Crippen LogP contribution is 2.22. The molecule has 1 N–H and O–H groups in total. The standard InChI is InChI=1S/C21H21N3O6S/c1-3-18(25)14-4-6-15(7-5-14)19(26)22-12-13-29-17-10-8-16(9-11-17)20-23-24-21(30-20)31(2,27)28/h4-11H,3,12-13H2,1-2H3,(H,22,26). The zero-order valence-electron chi connectivity index (χ0n) is 17.0. The van der Waals surface area contributed by atoms with Gasteiger partial charge in [0, 0.05) is 29.4 Å². The number of rotatable bonds is 9. The molecule has 3 rings (SSSR count). The number of carbonyl (C=O) groups is 2. The molecule has 0 unspecified atom stereocenters. The number of hydrogen-bond donors (Lipinski definition) is 1. The second-order valence-electron chi connectivity index (χ2n) is 6.63. The zero-order valence-corrected chi connectivity index (χ0v) is 17.8. The van der Waals surface area contributed by atoms with Crippen molar-refractivity contribution in [1.82, 2.24) is 15.5 Å². The van der Waals surface area contributed by atoms with Crippen LogP contribution in [0.3, 0.4) is 0 Å². The summed E-state index contributed by atoms with van der Waals surface area (Å²) in [5, 5.41) is 9.54. The molecule has 3 aromatic rings. The quantitative estimate of drug-likeness (QED) is 0.395. The minimum Gasteiger partial charge on any atom is -0.492 e. The van der Waals surface area contributed by atoms with Gasteiger partial charge in [-0.3, -0.25) is 9.59 Å². The molecule has 1 amide bonds. The number of sulfone groups is 1. The SMILES string of the molecule is CCC(=O)c1ccc(C(=O)NCCOc2ccc(-c3nnc(S(C)(=O)=O)o3)cc2)cc1. The third-order valence-electron chi connectivity index (χ3n) is 4.27. The highest BCUT2D eigenvalue weighted by molar-refractivity contribution is 7.90. The number of Topliss-reactive ketones (excluding diaryl/α,β-unsaturated/α-hetero) is 1. The summed E-state index contributed by atoms with van der Waals surface area (Å²) in [6, 6.07) is 13.2. The van der Waals surface area contributed by atoms with E-state index in [1.807, 2.05) is 0 Å². The van der Waals surface area contributed by atoms with Gasteiger partial charge in [-0.1, -0.05) is 24.2 Å². The van der Waals surface area contributed by atoms with Crippen molar-refractivity contribution in [3.63, 3.8) is 0 Å². The maximum atomic E-state index is 12.2. The van der Waals surface area contributed by atoms with Crippen LogP contribution in [-0.2, 0) is 9.84 Å². The van der Waals surface area contributed by atoms with E-state index in [4.69, 9.17) is 9.15 Å². The first kappa shape index (κ1) is 22.2. The van der Waals surface area contributed by atoms with Crippen molar-refractivity contribution in [1.29, 1.82) is 0 Å². The summed E-state index contributed by atoms with van der Waals surface area (Å²) in [5.74, 6) is 0.419. The molecule has 9 nitrogen and oxygen atoms in total. The third kappa shape index (κ3) is 5.76. The predicted octanol–water partition coefficient (Wildman–Crippen LogP) is 2.54. The van der Waals surface area contributed by atoms with E-state index in [1.54, 1.807) is 55.5 Å². The Morgan fingerprint density at radius 3 is 2.23 bits per heavy atom. The van der Waals surface area contributed by atoms with Crippen molar-refractivity contribution in [3.8, 4) is 17.2 Å². The Morgan fingerprint density at radius 1 is 1.00 bits per heavy atom. The van der Waals surface area contributed by atoms with Crippen LogP contribution in [0.5, 0.6) is 5.75 Å². The Kier molecular flexibility index (Phi) is 6.81. The zero-order chi connectivity index (χ0) is 22.4. The van der Waals surface area contributed by atoms with Gasteiger partial charge in [0.1, 0.15) is 12.4 Å². The van der Waals surface area contributed by atoms with Crippen LogP contribution in [0.15, 0.2) is 58.2 Å². The number of amides is 1. The van der Waals surface area contributed by atoms with E-state index in [1.165, 1.54) is 0 Å². The molecule has 1 heterocycles. The van der Waals surface area contributed by atoms with E-state index in [0.29, 0.717) is 28.9 Å². The van der Waals surface area contributed by atoms with Crippen molar-refractivity contribution < 1.29 is 27.2 Å². The Labute approximate surface area is 179 Å². The third-order valence-corrected chi connectivity index (χ3v) is 5.07. The van der Waals surface area contributed by atoms with Crippen molar-refractivity contribution in [2.24, 2.45) is 0 Å². The monoisotopic (exact) mass is 443 g/mol. The Morgan fingerprint density at radius 2 is 1.65 bits per heavy atom. The van der Waals surface area contributed by atoms with Crippen LogP contribution >= 0.6 is 0 Å². The van der Waals surface area contributed by atoms with E-state index < -0.39 is 15.1 Å². The molecule has 0 fully saturated rings. The second-order valence-corrected chi connectivity index (χ2v) is 8.52. The number of carbonyl (C=O) groups excluding carboxylic acids is 2. The van der Waals surface area contributed by atoms with E-state index >= 15 is 0 Å². The fourth-order valence-corrected chi connectivity index (χ4v) is 3.04. The minimum atomic E-state index is -3.56. The molecule has 162 valence electrons. The van der Waals surface area contributed by atoms with Crippen LogP contribution < -0.4 is 10.1 Å². The number of nitrogens with zero attached hydrogens (tertiary/aromatic N) is 2. The van der Waals surface area contributed by atoms with Gasteiger partial charge in [-0.2, -0.15) is 0 Å². The summed E-state index contributed by atoms with van der Waals surface area (Å²) < 4.78 is 33.6. The van der Waals surface area contributed by atoms with Gasteiger partial charge in [-0.05, 0) is 36.4 Å². The van der Waals surface area contributed by atoms with Crippen LogP contribution in [0.1, 0.15) is 34.1 Å². The lowest BCUT2D eigenvalue weighted by molar-refractivity contribution is 0.0944. The minimum absolute atomic E-state index is 0.0290. The Bertz CT molecular complexity index is 1170. The van der Waals surface area contributed by atoms with Crippen molar-refractivity contribution >= 4 is 21.5 Å². The molecule has 0 aliphatic carbocycles. The van der Waals surface area contributed by atoms with Crippen LogP contribution in [0.25, 0.3) is 11.5 Å². The molecule has 0 aliphatic heterocycles. The molecule has 0 bridgehead atoms. The van der Waals surface area contributed by atoms with Crippen LogP contribution in [0, 0.1) is 0 Å². The largest absolute Gasteiger partial charge is 0.492 e. The molecule has 0 radical (unpaired) electrons. The summed E-state index contributed by atoms with van der Waals surface area (Å²) in [6.45, 7) is 2.32. The van der Waals surface area contributed by atoms with Crippen LogP contribution in [0.4, 0.5) is 0 Å². The lowest BCUT2D eigenvalue weighted by Gasteiger charge is -2.08. The lowest BCUT2D eigenvalue weighted by atomic mass is 10.1. The van der Waals surface area contributed by atoms with Crippen molar-refractivity contribution in [3.05, 3.63) is 59.7 Å². The second kappa shape index (κ2) is 9.52. The first-order valence-corrected chi connectivity index (χ1v) is 11.4. The summed E-state index contributed by atoms with van der Waals surface area (Å²) in [5.41, 5.74) is 1.59. The molecular weight excluding hydrogens is 422 g/mol. The summed E-state index contributed by atoms with van der Waals surface area (Å²) in [6.07, 6.45) is 1.41. The fourth-order valence-electron chi connectivity index (χ4n) is 2.62. The first-order valence-electron chi connectivity index (χ1n) is 9.46. The highest BCUT2D eigenvalue weighted by atomic mass is 32.2. The average molecular weight is 443 g/mol. The number of nitrogens with one attached hydrogen (secondary N) is 1. The molecular formula is C21H21N3O6S. The number of aromatic nitrogens is 2. The van der Waals surface area contributed by atoms with Crippen molar-refractivity contribution in [2.75, 3.05) is 19.4 Å². The van der Waals surface area contributed by atoms with E-state index in [9.17, 15) is 18.0 Å². The first-order chi connectivity index (χ1) is 14.8. The summed E-state index contributed by atoms with van der Waals surface area (Å²) in [4.78, 5) is 23.8. The maximum absolute atomic E-state index is 12.2. The maximum Gasteiger partial charge on any atom is 0.335 e. The van der Waals surface area contributed by atoms with Crippen LogP contribution in [-0.4, -0.2) is 49.7 Å².